The van der Waals surface area contributed by atoms with Crippen molar-refractivity contribution in [3.05, 3.63) is 22.8 Å². The quantitative estimate of drug-likeness (QED) is 0.160. The van der Waals surface area contributed by atoms with Crippen LogP contribution in [-0.2, 0) is 4.74 Å². The number of nitrogens with one attached hydrogen (secondary N) is 3. The monoisotopic (exact) mass is 523 g/mol. The van der Waals surface area contributed by atoms with Gasteiger partial charge in [0.2, 0.25) is 0 Å². The summed E-state index contributed by atoms with van der Waals surface area (Å²) >= 11 is 3.11. The molecule has 1 aliphatic carbocycles. The zero-order valence-electron chi connectivity index (χ0n) is 21.1. The second kappa shape index (κ2) is 11.5. The van der Waals surface area contributed by atoms with Crippen LogP contribution in [0.5, 0.6) is 0 Å². The average molecular weight is 524 g/mol. The number of carbonyl (C=O) groups is 1. The molecule has 10 heteroatoms. The molecule has 4 rings (SSSR count). The molecule has 1 fully saturated rings. The molecule has 6 N–H and O–H groups in total. The molecule has 3 heterocycles. The Hall–Kier alpha value is -1.20. The molecule has 0 aromatic carbocycles. The fourth-order valence-electron chi connectivity index (χ4n) is 5.28. The number of aliphatic hydroxyl groups excluding tert-OH is 1. The molecule has 0 saturated carbocycles. The van der Waals surface area contributed by atoms with Gasteiger partial charge in [0, 0.05) is 37.0 Å². The first kappa shape index (κ1) is 26.9. The summed E-state index contributed by atoms with van der Waals surface area (Å²) in [6.07, 6.45) is 9.09. The van der Waals surface area contributed by atoms with Gasteiger partial charge in [-0.2, -0.15) is 0 Å². The number of thioether (sulfide) groups is 2. The predicted molar refractivity (Wildman–Crippen MR) is 144 cm³/mol. The third kappa shape index (κ3) is 6.77. The van der Waals surface area contributed by atoms with Crippen LogP contribution in [0.1, 0.15) is 59.3 Å². The van der Waals surface area contributed by atoms with Crippen molar-refractivity contribution in [1.82, 2.24) is 15.5 Å². The molecule has 35 heavy (non-hydrogen) atoms. The van der Waals surface area contributed by atoms with Crippen LogP contribution < -0.4 is 16.4 Å². The summed E-state index contributed by atoms with van der Waals surface area (Å²) in [6.45, 7) is 7.06. The molecule has 6 atom stereocenters. The van der Waals surface area contributed by atoms with Crippen LogP contribution >= 0.6 is 23.5 Å². The number of aliphatic hydroxyl groups is 1. The van der Waals surface area contributed by atoms with Crippen molar-refractivity contribution in [3.8, 4) is 0 Å². The van der Waals surface area contributed by atoms with E-state index in [0.717, 1.165) is 43.6 Å². The lowest BCUT2D eigenvalue weighted by Crippen LogP contribution is -2.47. The van der Waals surface area contributed by atoms with Crippen LogP contribution in [0.3, 0.4) is 0 Å². The van der Waals surface area contributed by atoms with Crippen LogP contribution in [0.15, 0.2) is 22.8 Å². The Morgan fingerprint density at radius 3 is 2.86 bits per heavy atom. The van der Waals surface area contributed by atoms with E-state index in [1.807, 2.05) is 25.7 Å². The van der Waals surface area contributed by atoms with Gasteiger partial charge < -0.3 is 25.8 Å². The average Bonchev–Trinajstić information content (AvgIpc) is 2.99. The minimum atomic E-state index is -0.735. The minimum absolute atomic E-state index is 0.152. The van der Waals surface area contributed by atoms with E-state index in [-0.39, 0.29) is 17.4 Å². The van der Waals surface area contributed by atoms with E-state index >= 15 is 0 Å². The second-order valence-electron chi connectivity index (χ2n) is 11.0. The maximum atomic E-state index is 12.6. The van der Waals surface area contributed by atoms with E-state index in [0.29, 0.717) is 41.9 Å². The number of nitrogens with two attached hydrogens (primary N) is 1. The summed E-state index contributed by atoms with van der Waals surface area (Å²) in [6, 6.07) is 0.0782. The van der Waals surface area contributed by atoms with Gasteiger partial charge >= 0.3 is 6.09 Å². The smallest absolute Gasteiger partial charge is 0.410 e. The topological polar surface area (TPSA) is 124 Å². The van der Waals surface area contributed by atoms with Gasteiger partial charge in [-0.1, -0.05) is 35.7 Å². The Balaban J connectivity index is 1.25. The molecular weight excluding hydrogens is 482 g/mol. The lowest BCUT2D eigenvalue weighted by atomic mass is 9.83. The van der Waals surface area contributed by atoms with Crippen molar-refractivity contribution < 1.29 is 14.6 Å². The minimum Gasteiger partial charge on any atom is -0.444 e. The highest BCUT2D eigenvalue weighted by Crippen LogP contribution is 2.44. The summed E-state index contributed by atoms with van der Waals surface area (Å²) in [5.74, 6) is 1.23. The standard InChI is InChI=1S/C25H41N5O3S2/c1-25(2,3)33-24(32)30-11-9-16-13-17-19(26)20(35-23(17)29-18(16)10-12-30)22(31)28-14-34-21(27)15-7-5-4-6-8-15/h4-5,15-16,18-20,22,27-29,31H,6-14,26H2,1-3H3. The summed E-state index contributed by atoms with van der Waals surface area (Å²) < 4.78 is 5.58. The summed E-state index contributed by atoms with van der Waals surface area (Å²) in [7, 11) is 0. The van der Waals surface area contributed by atoms with Gasteiger partial charge in [-0.3, -0.25) is 10.7 Å². The first-order valence-electron chi connectivity index (χ1n) is 12.8. The van der Waals surface area contributed by atoms with Crippen LogP contribution in [0, 0.1) is 17.2 Å². The zero-order valence-corrected chi connectivity index (χ0v) is 22.7. The molecule has 0 radical (unpaired) electrons. The number of allylic oxidation sites excluding steroid dienone is 2. The fraction of sp³-hybridized carbons (Fsp3) is 0.760. The number of rotatable bonds is 5. The van der Waals surface area contributed by atoms with Gasteiger partial charge in [-0.05, 0) is 70.8 Å². The van der Waals surface area contributed by atoms with Crippen LogP contribution in [-0.4, -0.2) is 69.3 Å². The number of ether oxygens (including phenoxy) is 1. The number of hydrogen-bond donors (Lipinski definition) is 5. The molecular formula is C25H41N5O3S2. The summed E-state index contributed by atoms with van der Waals surface area (Å²) in [4.78, 5) is 14.4. The highest BCUT2D eigenvalue weighted by molar-refractivity contribution is 8.13. The van der Waals surface area contributed by atoms with Gasteiger partial charge in [0.1, 0.15) is 11.8 Å². The van der Waals surface area contributed by atoms with Crippen molar-refractivity contribution in [3.63, 3.8) is 0 Å². The van der Waals surface area contributed by atoms with Gasteiger partial charge in [-0.15, -0.1) is 0 Å². The van der Waals surface area contributed by atoms with Crippen molar-refractivity contribution in [2.45, 2.75) is 88.5 Å². The molecule has 196 valence electrons. The van der Waals surface area contributed by atoms with Crippen molar-refractivity contribution >= 4 is 34.7 Å². The lowest BCUT2D eigenvalue weighted by molar-refractivity contribution is 0.0255. The van der Waals surface area contributed by atoms with Gasteiger partial charge in [0.15, 0.2) is 0 Å². The molecule has 8 nitrogen and oxygen atoms in total. The fourth-order valence-corrected chi connectivity index (χ4v) is 7.54. The molecule has 1 saturated heterocycles. The Kier molecular flexibility index (Phi) is 8.79. The number of carbonyl (C=O) groups excluding carboxylic acids is 1. The van der Waals surface area contributed by atoms with Gasteiger partial charge in [0.05, 0.1) is 15.3 Å². The Bertz CT molecular complexity index is 859. The summed E-state index contributed by atoms with van der Waals surface area (Å²) in [5, 5.41) is 27.7. The lowest BCUT2D eigenvalue weighted by Gasteiger charge is -2.33. The molecule has 0 aromatic heterocycles. The van der Waals surface area contributed by atoms with Crippen LogP contribution in [0.4, 0.5) is 4.79 Å². The van der Waals surface area contributed by atoms with Crippen molar-refractivity contribution in [1.29, 1.82) is 5.41 Å². The van der Waals surface area contributed by atoms with E-state index in [4.69, 9.17) is 15.9 Å². The number of likely N-dealkylation sites (tertiary alicyclic amines) is 1. The maximum absolute atomic E-state index is 12.6. The molecule has 0 aromatic rings. The van der Waals surface area contributed by atoms with E-state index in [1.165, 1.54) is 17.3 Å². The van der Waals surface area contributed by atoms with Gasteiger partial charge in [-0.25, -0.2) is 4.79 Å². The Morgan fingerprint density at radius 1 is 1.37 bits per heavy atom. The molecule has 6 unspecified atom stereocenters. The zero-order chi connectivity index (χ0) is 25.2. The van der Waals surface area contributed by atoms with E-state index in [1.54, 1.807) is 11.8 Å². The number of amides is 1. The molecule has 4 aliphatic rings. The molecule has 0 spiro atoms. The third-order valence-corrected chi connectivity index (χ3v) is 9.67. The number of hydrogen-bond acceptors (Lipinski definition) is 9. The Morgan fingerprint density at radius 2 is 2.14 bits per heavy atom. The maximum Gasteiger partial charge on any atom is 0.410 e. The largest absolute Gasteiger partial charge is 0.444 e. The third-order valence-electron chi connectivity index (χ3n) is 7.27. The van der Waals surface area contributed by atoms with Gasteiger partial charge in [0.25, 0.3) is 0 Å². The highest BCUT2D eigenvalue weighted by atomic mass is 32.2. The highest BCUT2D eigenvalue weighted by Gasteiger charge is 2.43. The Labute approximate surface area is 217 Å². The first-order valence-corrected chi connectivity index (χ1v) is 14.7. The van der Waals surface area contributed by atoms with Crippen molar-refractivity contribution in [2.75, 3.05) is 19.0 Å². The number of fused-ring (bicyclic) bond motifs is 1. The van der Waals surface area contributed by atoms with E-state index in [9.17, 15) is 9.90 Å². The molecule has 3 aliphatic heterocycles. The van der Waals surface area contributed by atoms with E-state index < -0.39 is 11.8 Å². The van der Waals surface area contributed by atoms with Crippen LogP contribution in [0.25, 0.3) is 0 Å². The normalized spacial score (nSPS) is 31.8. The van der Waals surface area contributed by atoms with E-state index in [2.05, 4.69) is 22.8 Å². The van der Waals surface area contributed by atoms with Crippen LogP contribution in [0.2, 0.25) is 0 Å². The number of nitrogens with zero attached hydrogens (tertiary/aromatic N) is 1. The first-order chi connectivity index (χ1) is 16.6. The molecule has 0 bridgehead atoms. The SMILES string of the molecule is CC(C)(C)OC(=O)N1CCC2CC3=C(NC2CC1)SC(C(O)NCSC(=N)C1CC=CCC1)C3N. The van der Waals surface area contributed by atoms with Crippen molar-refractivity contribution in [2.24, 2.45) is 17.6 Å². The summed E-state index contributed by atoms with van der Waals surface area (Å²) in [5.41, 5.74) is 7.34. The second-order valence-corrected chi connectivity index (χ2v) is 13.2. The molecule has 1 amide bonds. The predicted octanol–water partition coefficient (Wildman–Crippen LogP) is 3.58.